The summed E-state index contributed by atoms with van der Waals surface area (Å²) in [6.07, 6.45) is 6.56. The average molecular weight is 333 g/mol. The summed E-state index contributed by atoms with van der Waals surface area (Å²) in [5, 5.41) is 9.01. The Kier molecular flexibility index (Phi) is 4.55. The maximum Gasteiger partial charge on any atom is 0.306 e. The Morgan fingerprint density at radius 3 is 2.67 bits per heavy atom. The Morgan fingerprint density at radius 1 is 1.33 bits per heavy atom. The number of fused-ring (bicyclic) bond motifs is 1. The van der Waals surface area contributed by atoms with Gasteiger partial charge in [-0.15, -0.1) is 0 Å². The number of allylic oxidation sites excluding steroid dienone is 1. The van der Waals surface area contributed by atoms with Gasteiger partial charge >= 0.3 is 5.97 Å². The molecule has 0 unspecified atom stereocenters. The number of carbonyl (C=O) groups is 2. The number of rotatable bonds is 4. The van der Waals surface area contributed by atoms with Crippen LogP contribution in [0.3, 0.4) is 0 Å². The normalized spacial score (nSPS) is 23.6. The third-order valence-corrected chi connectivity index (χ3v) is 4.89. The van der Waals surface area contributed by atoms with Gasteiger partial charge in [0.2, 0.25) is 0 Å². The van der Waals surface area contributed by atoms with Crippen LogP contribution in [0.15, 0.2) is 24.4 Å². The highest BCUT2D eigenvalue weighted by molar-refractivity contribution is 5.99. The van der Waals surface area contributed by atoms with E-state index in [1.165, 1.54) is 18.1 Å². The van der Waals surface area contributed by atoms with Gasteiger partial charge < -0.3 is 14.7 Å². The fraction of sp³-hybridized carbons (Fsp3) is 0.444. The number of aliphatic carboxylic acids is 1. The van der Waals surface area contributed by atoms with Crippen molar-refractivity contribution in [3.05, 3.63) is 41.4 Å². The number of hydrogen-bond donors (Lipinski definition) is 1. The predicted molar refractivity (Wildman–Crippen MR) is 85.0 cm³/mol. The number of hydrogen-bond acceptors (Lipinski definition) is 3. The summed E-state index contributed by atoms with van der Waals surface area (Å²) >= 11 is 0. The fourth-order valence-corrected chi connectivity index (χ4v) is 3.42. The first kappa shape index (κ1) is 16.5. The quantitative estimate of drug-likeness (QED) is 0.919. The lowest BCUT2D eigenvalue weighted by Gasteiger charge is -2.24. The van der Waals surface area contributed by atoms with E-state index in [0.29, 0.717) is 24.9 Å². The van der Waals surface area contributed by atoms with E-state index in [0.717, 1.165) is 12.8 Å². The second-order valence-corrected chi connectivity index (χ2v) is 6.34. The molecule has 0 atom stereocenters. The van der Waals surface area contributed by atoms with E-state index in [2.05, 4.69) is 0 Å². The molecule has 0 aromatic heterocycles. The molecular weight excluding hydrogens is 313 g/mol. The molecule has 24 heavy (non-hydrogen) atoms. The number of ether oxygens (including phenoxy) is 1. The molecule has 1 aliphatic heterocycles. The van der Waals surface area contributed by atoms with Crippen LogP contribution in [0.4, 0.5) is 4.39 Å². The van der Waals surface area contributed by atoms with E-state index < -0.39 is 11.8 Å². The highest BCUT2D eigenvalue weighted by atomic mass is 19.1. The van der Waals surface area contributed by atoms with Gasteiger partial charge in [0.05, 0.1) is 25.1 Å². The molecule has 0 spiro atoms. The minimum absolute atomic E-state index is 0.0694. The van der Waals surface area contributed by atoms with Crippen LogP contribution in [0.25, 0.3) is 0 Å². The van der Waals surface area contributed by atoms with Crippen LogP contribution in [0, 0.1) is 17.7 Å². The van der Waals surface area contributed by atoms with Gasteiger partial charge in [-0.25, -0.2) is 4.39 Å². The zero-order chi connectivity index (χ0) is 17.3. The molecule has 1 aromatic rings. The van der Waals surface area contributed by atoms with E-state index >= 15 is 0 Å². The molecule has 1 N–H and O–H groups in total. The number of halogens is 1. The second-order valence-electron chi connectivity index (χ2n) is 6.34. The predicted octanol–water partition coefficient (Wildman–Crippen LogP) is 3.19. The van der Waals surface area contributed by atoms with Crippen molar-refractivity contribution in [2.24, 2.45) is 11.8 Å². The highest BCUT2D eigenvalue weighted by Gasteiger charge is 2.31. The van der Waals surface area contributed by atoms with Gasteiger partial charge in [0.1, 0.15) is 0 Å². The smallest absolute Gasteiger partial charge is 0.306 e. The van der Waals surface area contributed by atoms with E-state index in [-0.39, 0.29) is 29.1 Å². The van der Waals surface area contributed by atoms with Crippen LogP contribution in [-0.2, 0) is 11.3 Å². The molecular formula is C18H20FNO4. The lowest BCUT2D eigenvalue weighted by Crippen LogP contribution is -2.22. The van der Waals surface area contributed by atoms with Crippen molar-refractivity contribution < 1.29 is 23.8 Å². The lowest BCUT2D eigenvalue weighted by atomic mass is 9.82. The van der Waals surface area contributed by atoms with Crippen molar-refractivity contribution in [3.8, 4) is 5.75 Å². The number of carbonyl (C=O) groups excluding carboxylic acids is 1. The summed E-state index contributed by atoms with van der Waals surface area (Å²) in [7, 11) is 1.37. The van der Waals surface area contributed by atoms with E-state index in [9.17, 15) is 14.0 Å². The maximum atomic E-state index is 14.3. The molecule has 1 amide bonds. The summed E-state index contributed by atoms with van der Waals surface area (Å²) in [4.78, 5) is 24.9. The topological polar surface area (TPSA) is 66.8 Å². The molecule has 1 aliphatic carbocycles. The Hall–Kier alpha value is -2.37. The number of benzene rings is 1. The van der Waals surface area contributed by atoms with E-state index in [1.807, 2.05) is 6.08 Å². The van der Waals surface area contributed by atoms with Crippen molar-refractivity contribution in [3.63, 3.8) is 0 Å². The fourth-order valence-electron chi connectivity index (χ4n) is 3.42. The Balaban J connectivity index is 1.67. The summed E-state index contributed by atoms with van der Waals surface area (Å²) in [5.41, 5.74) is 0.728. The number of carboxylic acids is 1. The van der Waals surface area contributed by atoms with Crippen molar-refractivity contribution >= 4 is 11.9 Å². The summed E-state index contributed by atoms with van der Waals surface area (Å²) < 4.78 is 19.2. The van der Waals surface area contributed by atoms with Gasteiger partial charge in [0.25, 0.3) is 5.91 Å². The number of methoxy groups -OCH3 is 1. The SMILES string of the molecule is COc1ccc2c(c1F)C(=O)N(/C=C/C1CCC(C(=O)O)CC1)C2. The average Bonchev–Trinajstić information content (AvgIpc) is 2.90. The number of amides is 1. The van der Waals surface area contributed by atoms with Gasteiger partial charge in [-0.05, 0) is 43.2 Å². The van der Waals surface area contributed by atoms with Crippen molar-refractivity contribution in [2.45, 2.75) is 32.2 Å². The largest absolute Gasteiger partial charge is 0.494 e. The minimum Gasteiger partial charge on any atom is -0.494 e. The molecule has 0 radical (unpaired) electrons. The molecule has 0 bridgehead atoms. The first-order valence-corrected chi connectivity index (χ1v) is 8.08. The van der Waals surface area contributed by atoms with Gasteiger partial charge in [0, 0.05) is 6.20 Å². The zero-order valence-electron chi connectivity index (χ0n) is 13.5. The third-order valence-electron chi connectivity index (χ3n) is 4.89. The van der Waals surface area contributed by atoms with Gasteiger partial charge in [-0.2, -0.15) is 0 Å². The minimum atomic E-state index is -0.730. The molecule has 3 rings (SSSR count). The molecule has 1 saturated carbocycles. The Morgan fingerprint density at radius 2 is 2.04 bits per heavy atom. The van der Waals surface area contributed by atoms with Crippen molar-refractivity contribution in [1.82, 2.24) is 4.90 Å². The lowest BCUT2D eigenvalue weighted by molar-refractivity contribution is -0.142. The molecule has 6 heteroatoms. The standard InChI is InChI=1S/C18H20FNO4/c1-24-14-7-6-13-10-20(17(21)15(13)16(14)19)9-8-11-2-4-12(5-3-11)18(22)23/h6-9,11-12H,2-5,10H2,1H3,(H,22,23)/b9-8+. The molecule has 0 saturated heterocycles. The summed E-state index contributed by atoms with van der Waals surface area (Å²) in [6.45, 7) is 0.343. The molecule has 1 aromatic carbocycles. The molecule has 2 aliphatic rings. The van der Waals surface area contributed by atoms with Crippen molar-refractivity contribution in [1.29, 1.82) is 0 Å². The van der Waals surface area contributed by atoms with E-state index in [1.54, 1.807) is 12.3 Å². The maximum absolute atomic E-state index is 14.3. The summed E-state index contributed by atoms with van der Waals surface area (Å²) in [6, 6.07) is 3.24. The van der Waals surface area contributed by atoms with Crippen molar-refractivity contribution in [2.75, 3.05) is 7.11 Å². The van der Waals surface area contributed by atoms with Gasteiger partial charge in [-0.3, -0.25) is 9.59 Å². The van der Waals surface area contributed by atoms with Crippen LogP contribution in [0.5, 0.6) is 5.75 Å². The third kappa shape index (κ3) is 3.00. The van der Waals surface area contributed by atoms with Crippen LogP contribution in [0.1, 0.15) is 41.6 Å². The molecule has 128 valence electrons. The van der Waals surface area contributed by atoms with E-state index in [4.69, 9.17) is 9.84 Å². The Labute approximate surface area is 139 Å². The monoisotopic (exact) mass is 333 g/mol. The van der Waals surface area contributed by atoms with Crippen LogP contribution < -0.4 is 4.74 Å². The molecule has 5 nitrogen and oxygen atoms in total. The zero-order valence-corrected chi connectivity index (χ0v) is 13.5. The highest BCUT2D eigenvalue weighted by Crippen LogP contribution is 2.33. The van der Waals surface area contributed by atoms with Crippen LogP contribution in [0.2, 0.25) is 0 Å². The molecule has 1 fully saturated rings. The number of carboxylic acid groups (broad SMARTS) is 1. The summed E-state index contributed by atoms with van der Waals surface area (Å²) in [5.74, 6) is -1.63. The van der Waals surface area contributed by atoms with Gasteiger partial charge in [0.15, 0.2) is 11.6 Å². The number of nitrogens with zero attached hydrogens (tertiary/aromatic N) is 1. The first-order chi connectivity index (χ1) is 11.5. The second kappa shape index (κ2) is 6.63. The van der Waals surface area contributed by atoms with Crippen LogP contribution in [-0.4, -0.2) is 29.0 Å². The van der Waals surface area contributed by atoms with Crippen LogP contribution >= 0.6 is 0 Å². The van der Waals surface area contributed by atoms with Gasteiger partial charge in [-0.1, -0.05) is 12.1 Å². The molecule has 1 heterocycles. The Bertz CT molecular complexity index is 693. The first-order valence-electron chi connectivity index (χ1n) is 8.08.